The summed E-state index contributed by atoms with van der Waals surface area (Å²) < 4.78 is 11.1. The van der Waals surface area contributed by atoms with Crippen molar-refractivity contribution in [3.05, 3.63) is 0 Å². The molecule has 0 amide bonds. The molecule has 4 atom stereocenters. The van der Waals surface area contributed by atoms with Crippen molar-refractivity contribution in [1.29, 1.82) is 0 Å². The monoisotopic (exact) mass is 283 g/mol. The van der Waals surface area contributed by atoms with E-state index in [2.05, 4.69) is 4.84 Å². The summed E-state index contributed by atoms with van der Waals surface area (Å²) in [4.78, 5) is 26.4. The average molecular weight is 283 g/mol. The SMILES string of the molecule is CC(=O)OCC12CCCC3(OCC(=O)ON)CC(C1)C23. The Kier molecular flexibility index (Phi) is 3.25. The number of carbonyl (C=O) groups excluding carboxylic acids is 2. The molecule has 0 aromatic carbocycles. The second-order valence-electron chi connectivity index (χ2n) is 6.49. The van der Waals surface area contributed by atoms with Crippen molar-refractivity contribution in [2.75, 3.05) is 13.2 Å². The Bertz CT molecular complexity index is 431. The third kappa shape index (κ3) is 1.93. The molecule has 20 heavy (non-hydrogen) atoms. The maximum atomic E-state index is 11.2. The predicted octanol–water partition coefficient (Wildman–Crippen LogP) is 0.932. The van der Waals surface area contributed by atoms with Crippen molar-refractivity contribution in [1.82, 2.24) is 0 Å². The first-order valence-electron chi connectivity index (χ1n) is 7.18. The van der Waals surface area contributed by atoms with Gasteiger partial charge in [0.15, 0.2) is 0 Å². The van der Waals surface area contributed by atoms with Crippen molar-refractivity contribution in [2.24, 2.45) is 23.1 Å². The fraction of sp³-hybridized carbons (Fsp3) is 0.857. The molecule has 6 heteroatoms. The summed E-state index contributed by atoms with van der Waals surface area (Å²) in [5, 5.41) is 0. The Morgan fingerprint density at radius 3 is 2.75 bits per heavy atom. The van der Waals surface area contributed by atoms with Gasteiger partial charge in [-0.1, -0.05) is 0 Å². The molecular weight excluding hydrogens is 262 g/mol. The summed E-state index contributed by atoms with van der Waals surface area (Å²) in [6.45, 7) is 1.83. The van der Waals surface area contributed by atoms with Crippen molar-refractivity contribution in [3.63, 3.8) is 0 Å². The standard InChI is InChI=1S/C14H21NO5/c1-9(16)18-8-13-3-2-4-14(19-7-11(17)20-15)6-10(5-13)12(13)14/h10,12H,2-8,15H2,1H3. The van der Waals surface area contributed by atoms with Gasteiger partial charge < -0.3 is 14.3 Å². The minimum absolute atomic E-state index is 0.0689. The van der Waals surface area contributed by atoms with E-state index in [4.69, 9.17) is 15.4 Å². The molecule has 0 saturated heterocycles. The molecule has 0 bridgehead atoms. The lowest BCUT2D eigenvalue weighted by Gasteiger charge is -2.73. The first-order valence-corrected chi connectivity index (χ1v) is 7.18. The number of ether oxygens (including phenoxy) is 2. The van der Waals surface area contributed by atoms with Gasteiger partial charge in [-0.05, 0) is 43.9 Å². The Morgan fingerprint density at radius 2 is 2.10 bits per heavy atom. The highest BCUT2D eigenvalue weighted by Crippen LogP contribution is 2.73. The minimum Gasteiger partial charge on any atom is -0.465 e. The van der Waals surface area contributed by atoms with Gasteiger partial charge in [0, 0.05) is 12.3 Å². The Hall–Kier alpha value is -1.14. The highest BCUT2D eigenvalue weighted by molar-refractivity contribution is 5.70. The molecule has 112 valence electrons. The van der Waals surface area contributed by atoms with Crippen molar-refractivity contribution in [3.8, 4) is 0 Å². The van der Waals surface area contributed by atoms with Gasteiger partial charge in [0.05, 0.1) is 12.2 Å². The predicted molar refractivity (Wildman–Crippen MR) is 68.1 cm³/mol. The van der Waals surface area contributed by atoms with Crippen LogP contribution in [-0.2, 0) is 23.9 Å². The molecule has 4 unspecified atom stereocenters. The number of hydrogen-bond donors (Lipinski definition) is 1. The second-order valence-corrected chi connectivity index (χ2v) is 6.49. The van der Waals surface area contributed by atoms with Crippen LogP contribution in [0, 0.1) is 17.3 Å². The van der Waals surface area contributed by atoms with Crippen LogP contribution in [0.2, 0.25) is 0 Å². The molecule has 0 heterocycles. The van der Waals surface area contributed by atoms with Crippen molar-refractivity contribution < 1.29 is 23.9 Å². The number of esters is 1. The zero-order valence-electron chi connectivity index (χ0n) is 11.7. The Morgan fingerprint density at radius 1 is 1.30 bits per heavy atom. The van der Waals surface area contributed by atoms with Crippen LogP contribution in [0.1, 0.15) is 39.0 Å². The van der Waals surface area contributed by atoms with Crippen molar-refractivity contribution in [2.45, 2.75) is 44.6 Å². The maximum Gasteiger partial charge on any atom is 0.350 e. The average Bonchev–Trinajstić information content (AvgIpc) is 2.36. The zero-order valence-corrected chi connectivity index (χ0v) is 11.7. The number of nitrogens with two attached hydrogens (primary N) is 1. The van der Waals surface area contributed by atoms with Crippen LogP contribution < -0.4 is 5.90 Å². The van der Waals surface area contributed by atoms with Gasteiger partial charge in [-0.15, -0.1) is 0 Å². The van der Waals surface area contributed by atoms with Gasteiger partial charge in [-0.2, -0.15) is 5.90 Å². The molecule has 3 fully saturated rings. The molecule has 0 aromatic rings. The third-order valence-electron chi connectivity index (χ3n) is 5.42. The van der Waals surface area contributed by atoms with Gasteiger partial charge in [0.25, 0.3) is 0 Å². The fourth-order valence-electron chi connectivity index (χ4n) is 4.87. The van der Waals surface area contributed by atoms with Crippen LogP contribution in [0.25, 0.3) is 0 Å². The normalized spacial score (nSPS) is 40.9. The summed E-state index contributed by atoms with van der Waals surface area (Å²) in [5.74, 6) is 5.13. The van der Waals surface area contributed by atoms with E-state index < -0.39 is 5.97 Å². The van der Waals surface area contributed by atoms with E-state index in [0.29, 0.717) is 18.4 Å². The molecule has 6 nitrogen and oxygen atoms in total. The molecule has 3 rings (SSSR count). The highest BCUT2D eigenvalue weighted by Gasteiger charge is 2.72. The fourth-order valence-corrected chi connectivity index (χ4v) is 4.87. The molecule has 3 aliphatic carbocycles. The van der Waals surface area contributed by atoms with Crippen LogP contribution >= 0.6 is 0 Å². The quantitative estimate of drug-likeness (QED) is 0.596. The molecule has 3 saturated carbocycles. The van der Waals surface area contributed by atoms with Crippen LogP contribution in [0.3, 0.4) is 0 Å². The Labute approximate surface area is 117 Å². The van der Waals surface area contributed by atoms with Gasteiger partial charge in [0.1, 0.15) is 6.61 Å². The van der Waals surface area contributed by atoms with E-state index in [1.54, 1.807) is 0 Å². The number of hydrogen-bond acceptors (Lipinski definition) is 6. The topological polar surface area (TPSA) is 87.8 Å². The van der Waals surface area contributed by atoms with Crippen LogP contribution in [-0.4, -0.2) is 30.8 Å². The summed E-state index contributed by atoms with van der Waals surface area (Å²) >= 11 is 0. The molecule has 0 aliphatic heterocycles. The molecular formula is C14H21NO5. The summed E-state index contributed by atoms with van der Waals surface area (Å²) in [7, 11) is 0. The maximum absolute atomic E-state index is 11.2. The van der Waals surface area contributed by atoms with E-state index in [1.165, 1.54) is 6.92 Å². The minimum atomic E-state index is -0.543. The van der Waals surface area contributed by atoms with Crippen molar-refractivity contribution >= 4 is 11.9 Å². The lowest BCUT2D eigenvalue weighted by atomic mass is 9.35. The van der Waals surface area contributed by atoms with E-state index in [0.717, 1.165) is 32.1 Å². The highest BCUT2D eigenvalue weighted by atomic mass is 16.7. The van der Waals surface area contributed by atoms with Crippen LogP contribution in [0.15, 0.2) is 0 Å². The molecule has 3 aliphatic rings. The Balaban J connectivity index is 1.66. The third-order valence-corrected chi connectivity index (χ3v) is 5.42. The lowest BCUT2D eigenvalue weighted by molar-refractivity contribution is -0.314. The number of carbonyl (C=O) groups is 2. The van der Waals surface area contributed by atoms with Gasteiger partial charge in [-0.25, -0.2) is 4.79 Å². The first kappa shape index (κ1) is 13.8. The van der Waals surface area contributed by atoms with E-state index >= 15 is 0 Å². The number of rotatable bonds is 5. The van der Waals surface area contributed by atoms with Gasteiger partial charge in [-0.3, -0.25) is 4.79 Å². The van der Waals surface area contributed by atoms with Gasteiger partial charge >= 0.3 is 11.9 Å². The zero-order chi connectivity index (χ0) is 14.4. The van der Waals surface area contributed by atoms with E-state index in [9.17, 15) is 9.59 Å². The lowest BCUT2D eigenvalue weighted by Crippen LogP contribution is -2.73. The van der Waals surface area contributed by atoms with Crippen LogP contribution in [0.4, 0.5) is 0 Å². The van der Waals surface area contributed by atoms with Gasteiger partial charge in [0.2, 0.25) is 0 Å². The summed E-state index contributed by atoms with van der Waals surface area (Å²) in [5.41, 5.74) is -0.158. The van der Waals surface area contributed by atoms with E-state index in [1.807, 2.05) is 0 Å². The molecule has 2 N–H and O–H groups in total. The molecule has 0 aromatic heterocycles. The summed E-state index contributed by atoms with van der Waals surface area (Å²) in [6.07, 6.45) is 5.19. The van der Waals surface area contributed by atoms with E-state index in [-0.39, 0.29) is 23.6 Å². The first-order chi connectivity index (χ1) is 9.51. The summed E-state index contributed by atoms with van der Waals surface area (Å²) in [6, 6.07) is 0. The second kappa shape index (κ2) is 4.70. The molecule has 0 spiro atoms. The largest absolute Gasteiger partial charge is 0.465 e. The molecule has 0 radical (unpaired) electrons. The smallest absolute Gasteiger partial charge is 0.350 e. The van der Waals surface area contributed by atoms with Crippen LogP contribution in [0.5, 0.6) is 0 Å².